The van der Waals surface area contributed by atoms with E-state index in [1.54, 1.807) is 11.1 Å². The van der Waals surface area contributed by atoms with Crippen molar-refractivity contribution in [3.05, 3.63) is 53.7 Å². The molecule has 0 saturated carbocycles. The minimum Gasteiger partial charge on any atom is -0.143 e. The van der Waals surface area contributed by atoms with E-state index >= 15 is 0 Å². The summed E-state index contributed by atoms with van der Waals surface area (Å²) in [5, 5.41) is 7.64. The molecule has 406 valence electrons. The van der Waals surface area contributed by atoms with Crippen LogP contribution in [0.25, 0.3) is 41.1 Å². The van der Waals surface area contributed by atoms with Gasteiger partial charge in [-0.25, -0.2) is 0 Å². The van der Waals surface area contributed by atoms with Gasteiger partial charge in [0.05, 0.1) is 7.57 Å². The van der Waals surface area contributed by atoms with Gasteiger partial charge in [0.2, 0.25) is 0 Å². The van der Waals surface area contributed by atoms with Gasteiger partial charge in [-0.15, -0.1) is 45.3 Å². The van der Waals surface area contributed by atoms with Gasteiger partial charge >= 0.3 is 0 Å². The van der Waals surface area contributed by atoms with E-state index in [1.807, 2.05) is 45.3 Å². The third-order valence-electron chi connectivity index (χ3n) is 16.2. The van der Waals surface area contributed by atoms with E-state index in [9.17, 15) is 0 Å². The molecule has 0 aliphatic carbocycles. The lowest BCUT2D eigenvalue weighted by molar-refractivity contribution is 0.400. The van der Waals surface area contributed by atoms with Gasteiger partial charge in [0.15, 0.2) is 0 Å². The van der Waals surface area contributed by atoms with Gasteiger partial charge in [0, 0.05) is 41.1 Å². The Morgan fingerprint density at radius 3 is 0.861 bits per heavy atom. The number of thiophene rings is 4. The minimum absolute atomic E-state index is 0.782. The molecule has 0 radical (unpaired) electrons. The molecule has 72 heavy (non-hydrogen) atoms. The molecule has 5 aromatic rings. The van der Waals surface area contributed by atoms with E-state index in [1.165, 1.54) is 318 Å². The van der Waals surface area contributed by atoms with E-state index in [-0.39, 0.29) is 0 Å². The van der Waals surface area contributed by atoms with E-state index in [0.29, 0.717) is 0 Å². The first-order valence-electron chi connectivity index (χ1n) is 31.0. The summed E-state index contributed by atoms with van der Waals surface area (Å²) in [7, 11) is 0. The number of fused-ring (bicyclic) bond motifs is 2. The van der Waals surface area contributed by atoms with Crippen molar-refractivity contribution < 1.29 is 0 Å². The Morgan fingerprint density at radius 1 is 0.347 bits per heavy atom. The largest absolute Gasteiger partial charge is 0.143 e. The number of rotatable bonds is 46. The standard InChI is InChI=1S/C66H104Br2S4/c1-5-9-13-17-21-25-27-31-35-39-43-53(41-37-33-29-23-19-15-11-7-3)49-55-51-59(71-65(55)67)61-57-45-47-70-64(57)62(58-46-48-69-63(58)61)60-52-56(66(68)72-60)50-54(42-38-34-30-24-20-16-12-8-4)44-40-36-32-28-26-22-18-14-10-6-2/h45-48,51-54H,5-44,49-50H2,1-4H3. The molecule has 5 rings (SSSR count). The summed E-state index contributed by atoms with van der Waals surface area (Å²) in [5.41, 5.74) is 6.05. The average Bonchev–Trinajstić information content (AvgIpc) is 4.21. The SMILES string of the molecule is CCCCCCCCCCCCC(CCCCCCCCCC)Cc1cc(-c2c3ccsc3c(-c3cc(CC(CCCCCCCCCC)CCCCCCCCCCCC)c(Br)s3)c3ccsc23)sc1Br. The van der Waals surface area contributed by atoms with Crippen LogP contribution in [-0.2, 0) is 12.8 Å². The van der Waals surface area contributed by atoms with E-state index in [2.05, 4.69) is 94.6 Å². The first-order valence-corrected chi connectivity index (χ1v) is 35.9. The zero-order valence-electron chi connectivity index (χ0n) is 46.7. The molecule has 0 nitrogen and oxygen atoms in total. The molecule has 4 aromatic heterocycles. The molecular formula is C66H104Br2S4. The van der Waals surface area contributed by atoms with Crippen LogP contribution in [0.4, 0.5) is 0 Å². The van der Waals surface area contributed by atoms with Gasteiger partial charge in [-0.2, -0.15) is 0 Å². The molecule has 0 aliphatic heterocycles. The summed E-state index contributed by atoms with van der Waals surface area (Å²) >= 11 is 16.3. The zero-order chi connectivity index (χ0) is 50.9. The Kier molecular flexibility index (Phi) is 33.7. The van der Waals surface area contributed by atoms with E-state index < -0.39 is 0 Å². The first kappa shape index (κ1) is 62.3. The van der Waals surface area contributed by atoms with Crippen LogP contribution in [0, 0.1) is 11.8 Å². The number of halogens is 2. The second kappa shape index (κ2) is 39.0. The van der Waals surface area contributed by atoms with Crippen molar-refractivity contribution in [1.29, 1.82) is 0 Å². The van der Waals surface area contributed by atoms with Gasteiger partial charge in [0.1, 0.15) is 0 Å². The quantitative estimate of drug-likeness (QED) is 0.0341. The fourth-order valence-corrected chi connectivity index (χ4v) is 17.4. The summed E-state index contributed by atoms with van der Waals surface area (Å²) in [5.74, 6) is 1.56. The van der Waals surface area contributed by atoms with Crippen molar-refractivity contribution in [2.24, 2.45) is 11.8 Å². The molecule has 2 atom stereocenters. The highest BCUT2D eigenvalue weighted by molar-refractivity contribution is 9.11. The molecule has 0 amide bonds. The molecule has 0 aliphatic rings. The second-order valence-electron chi connectivity index (χ2n) is 22.5. The van der Waals surface area contributed by atoms with Crippen molar-refractivity contribution in [3.63, 3.8) is 0 Å². The fourth-order valence-electron chi connectivity index (χ4n) is 11.8. The summed E-state index contributed by atoms with van der Waals surface area (Å²) in [6, 6.07) is 10.1. The van der Waals surface area contributed by atoms with Gasteiger partial charge in [0.25, 0.3) is 0 Å². The molecule has 4 heterocycles. The lowest BCUT2D eigenvalue weighted by atomic mass is 9.89. The molecule has 1 aromatic carbocycles. The second-order valence-corrected chi connectivity index (χ2v) is 29.1. The van der Waals surface area contributed by atoms with Crippen LogP contribution in [0.15, 0.2) is 42.6 Å². The lowest BCUT2D eigenvalue weighted by Gasteiger charge is -2.17. The molecule has 0 bridgehead atoms. The monoisotopic (exact) mass is 1180 g/mol. The molecule has 0 N–H and O–H groups in total. The maximum absolute atomic E-state index is 4.18. The zero-order valence-corrected chi connectivity index (χ0v) is 53.1. The molecule has 0 spiro atoms. The van der Waals surface area contributed by atoms with Gasteiger partial charge in [-0.1, -0.05) is 285 Å². The number of hydrogen-bond acceptors (Lipinski definition) is 4. The summed E-state index contributed by atoms with van der Waals surface area (Å²) < 4.78 is 5.67. The van der Waals surface area contributed by atoms with Gasteiger partial charge in [-0.05, 0) is 103 Å². The topological polar surface area (TPSA) is 0 Å². The van der Waals surface area contributed by atoms with Crippen molar-refractivity contribution in [3.8, 4) is 20.9 Å². The van der Waals surface area contributed by atoms with Crippen LogP contribution < -0.4 is 0 Å². The number of benzene rings is 1. The van der Waals surface area contributed by atoms with Crippen LogP contribution in [0.1, 0.15) is 296 Å². The van der Waals surface area contributed by atoms with Crippen LogP contribution in [-0.4, -0.2) is 0 Å². The van der Waals surface area contributed by atoms with Crippen LogP contribution >= 0.6 is 77.2 Å². The third kappa shape index (κ3) is 22.8. The molecule has 0 fully saturated rings. The Bertz CT molecular complexity index is 1900. The first-order chi connectivity index (χ1) is 35.5. The van der Waals surface area contributed by atoms with Crippen LogP contribution in [0.2, 0.25) is 0 Å². The van der Waals surface area contributed by atoms with Crippen LogP contribution in [0.5, 0.6) is 0 Å². The van der Waals surface area contributed by atoms with Crippen molar-refractivity contribution in [2.75, 3.05) is 0 Å². The maximum atomic E-state index is 4.18. The molecular weight excluding hydrogens is 1080 g/mol. The smallest absolute Gasteiger partial charge is 0.0737 e. The summed E-state index contributed by atoms with van der Waals surface area (Å²) in [6.07, 6.45) is 59.0. The minimum atomic E-state index is 0.782. The molecule has 6 heteroatoms. The fraction of sp³-hybridized carbons (Fsp3) is 0.727. The highest BCUT2D eigenvalue weighted by Crippen LogP contribution is 2.52. The van der Waals surface area contributed by atoms with Crippen LogP contribution in [0.3, 0.4) is 0 Å². The third-order valence-corrected chi connectivity index (χ3v) is 22.0. The normalized spacial score (nSPS) is 12.9. The Hall–Kier alpha value is -0.500. The number of hydrogen-bond donors (Lipinski definition) is 0. The van der Waals surface area contributed by atoms with Crippen molar-refractivity contribution in [2.45, 2.75) is 297 Å². The Balaban J connectivity index is 1.27. The van der Waals surface area contributed by atoms with E-state index in [4.69, 9.17) is 0 Å². The predicted molar refractivity (Wildman–Crippen MR) is 341 cm³/mol. The van der Waals surface area contributed by atoms with Gasteiger partial charge < -0.3 is 0 Å². The van der Waals surface area contributed by atoms with Crippen molar-refractivity contribution >= 4 is 97.4 Å². The summed E-state index contributed by atoms with van der Waals surface area (Å²) in [6.45, 7) is 9.31. The maximum Gasteiger partial charge on any atom is 0.0737 e. The summed E-state index contributed by atoms with van der Waals surface area (Å²) in [4.78, 5) is 2.90. The van der Waals surface area contributed by atoms with Gasteiger partial charge in [-0.3, -0.25) is 0 Å². The highest BCUT2D eigenvalue weighted by atomic mass is 79.9. The predicted octanol–water partition coefficient (Wildman–Crippen LogP) is 27.1. The van der Waals surface area contributed by atoms with Crippen molar-refractivity contribution in [1.82, 2.24) is 0 Å². The van der Waals surface area contributed by atoms with E-state index in [0.717, 1.165) is 11.8 Å². The highest BCUT2D eigenvalue weighted by Gasteiger charge is 2.24. The average molecular weight is 1190 g/mol. The molecule has 2 unspecified atom stereocenters. The Labute approximate surface area is 477 Å². The Morgan fingerprint density at radius 2 is 0.597 bits per heavy atom. The number of unbranched alkanes of at least 4 members (excludes halogenated alkanes) is 32. The molecule has 0 saturated heterocycles. The lowest BCUT2D eigenvalue weighted by Crippen LogP contribution is -2.05.